The third-order valence-electron chi connectivity index (χ3n) is 4.16. The zero-order chi connectivity index (χ0) is 14.4. The molecule has 21 heavy (non-hydrogen) atoms. The summed E-state index contributed by atoms with van der Waals surface area (Å²) in [4.78, 5) is 12.7. The monoisotopic (exact) mass is 278 g/mol. The molecule has 0 radical (unpaired) electrons. The summed E-state index contributed by atoms with van der Waals surface area (Å²) in [5, 5.41) is 10.6. The van der Waals surface area contributed by atoms with Gasteiger partial charge in [-0.2, -0.15) is 0 Å². The Hall–Kier alpha value is -2.39. The highest BCUT2D eigenvalue weighted by molar-refractivity contribution is 6.18. The van der Waals surface area contributed by atoms with Gasteiger partial charge in [-0.25, -0.2) is 0 Å². The number of hydrogen-bond acceptors (Lipinski definition) is 3. The number of rotatable bonds is 0. The SMILES string of the molecule is O=C1/C(=C2\CCOc3ccccc32)[C@H](O)c2ccccc21. The molecule has 0 saturated heterocycles. The highest BCUT2D eigenvalue weighted by Crippen LogP contribution is 2.43. The average molecular weight is 278 g/mol. The predicted octanol–water partition coefficient (Wildman–Crippen LogP) is 3.15. The van der Waals surface area contributed by atoms with Gasteiger partial charge in [0, 0.05) is 23.1 Å². The summed E-state index contributed by atoms with van der Waals surface area (Å²) in [6.45, 7) is 0.534. The van der Waals surface area contributed by atoms with Gasteiger partial charge in [-0.15, -0.1) is 0 Å². The summed E-state index contributed by atoms with van der Waals surface area (Å²) >= 11 is 0. The molecule has 1 aliphatic carbocycles. The van der Waals surface area contributed by atoms with Crippen LogP contribution in [0.25, 0.3) is 5.57 Å². The lowest BCUT2D eigenvalue weighted by atomic mass is 9.92. The Kier molecular flexibility index (Phi) is 2.69. The zero-order valence-corrected chi connectivity index (χ0v) is 11.4. The van der Waals surface area contributed by atoms with Gasteiger partial charge in [-0.1, -0.05) is 42.5 Å². The normalized spacial score (nSPS) is 23.5. The molecule has 3 nitrogen and oxygen atoms in total. The van der Waals surface area contributed by atoms with E-state index in [0.717, 1.165) is 16.9 Å². The number of hydrogen-bond donors (Lipinski definition) is 1. The number of benzene rings is 2. The van der Waals surface area contributed by atoms with Gasteiger partial charge in [0.15, 0.2) is 5.78 Å². The molecule has 1 N–H and O–H groups in total. The van der Waals surface area contributed by atoms with E-state index >= 15 is 0 Å². The second-order valence-corrected chi connectivity index (χ2v) is 5.31. The lowest BCUT2D eigenvalue weighted by Crippen LogP contribution is -2.12. The maximum absolute atomic E-state index is 12.7. The van der Waals surface area contributed by atoms with Crippen LogP contribution in [0, 0.1) is 0 Å². The lowest BCUT2D eigenvalue weighted by molar-refractivity contribution is 0.101. The van der Waals surface area contributed by atoms with Crippen LogP contribution in [0.15, 0.2) is 54.1 Å². The van der Waals surface area contributed by atoms with Crippen molar-refractivity contribution in [2.45, 2.75) is 12.5 Å². The largest absolute Gasteiger partial charge is 0.493 e. The summed E-state index contributed by atoms with van der Waals surface area (Å²) in [7, 11) is 0. The summed E-state index contributed by atoms with van der Waals surface area (Å²) < 4.78 is 5.63. The molecular weight excluding hydrogens is 264 g/mol. The molecular formula is C18H14O3. The molecule has 1 heterocycles. The smallest absolute Gasteiger partial charge is 0.192 e. The van der Waals surface area contributed by atoms with Crippen LogP contribution in [0.2, 0.25) is 0 Å². The van der Waals surface area contributed by atoms with Crippen LogP contribution in [0.4, 0.5) is 0 Å². The number of aliphatic hydroxyl groups is 1. The van der Waals surface area contributed by atoms with E-state index in [2.05, 4.69) is 0 Å². The molecule has 0 amide bonds. The summed E-state index contributed by atoms with van der Waals surface area (Å²) in [5.74, 6) is 0.715. The van der Waals surface area contributed by atoms with Crippen molar-refractivity contribution in [2.75, 3.05) is 6.61 Å². The van der Waals surface area contributed by atoms with Crippen LogP contribution in [0.5, 0.6) is 5.75 Å². The van der Waals surface area contributed by atoms with Gasteiger partial charge < -0.3 is 9.84 Å². The first-order valence-electron chi connectivity index (χ1n) is 7.04. The average Bonchev–Trinajstić information content (AvgIpc) is 2.79. The second-order valence-electron chi connectivity index (χ2n) is 5.31. The van der Waals surface area contributed by atoms with Crippen molar-refractivity contribution in [1.29, 1.82) is 0 Å². The first kappa shape index (κ1) is 12.4. The van der Waals surface area contributed by atoms with Gasteiger partial charge in [-0.3, -0.25) is 4.79 Å². The third kappa shape index (κ3) is 1.74. The number of aliphatic hydroxyl groups excluding tert-OH is 1. The molecule has 2 aromatic rings. The van der Waals surface area contributed by atoms with Crippen LogP contribution in [-0.2, 0) is 0 Å². The Bertz CT molecular complexity index is 774. The van der Waals surface area contributed by atoms with Gasteiger partial charge in [0.25, 0.3) is 0 Å². The number of Topliss-reactive ketones (excluding diaryl/α,β-unsaturated/α-hetero) is 1. The molecule has 2 aromatic carbocycles. The molecule has 104 valence electrons. The third-order valence-corrected chi connectivity index (χ3v) is 4.16. The minimum absolute atomic E-state index is 0.0650. The Labute approximate surface area is 122 Å². The Morgan fingerprint density at radius 1 is 1.00 bits per heavy atom. The van der Waals surface area contributed by atoms with Crippen LogP contribution < -0.4 is 4.74 Å². The van der Waals surface area contributed by atoms with E-state index < -0.39 is 6.10 Å². The fourth-order valence-corrected chi connectivity index (χ4v) is 3.19. The number of para-hydroxylation sites is 1. The highest BCUT2D eigenvalue weighted by atomic mass is 16.5. The van der Waals surface area contributed by atoms with E-state index in [1.165, 1.54) is 0 Å². The van der Waals surface area contributed by atoms with Gasteiger partial charge in [0.2, 0.25) is 0 Å². The number of ketones is 1. The van der Waals surface area contributed by atoms with Crippen molar-refractivity contribution in [3.8, 4) is 5.75 Å². The van der Waals surface area contributed by atoms with E-state index in [-0.39, 0.29) is 5.78 Å². The molecule has 0 unspecified atom stereocenters. The van der Waals surface area contributed by atoms with Gasteiger partial charge >= 0.3 is 0 Å². The summed E-state index contributed by atoms with van der Waals surface area (Å²) in [6, 6.07) is 14.9. The Morgan fingerprint density at radius 3 is 2.52 bits per heavy atom. The van der Waals surface area contributed by atoms with Crippen molar-refractivity contribution < 1.29 is 14.6 Å². The van der Waals surface area contributed by atoms with E-state index in [1.54, 1.807) is 6.07 Å². The molecule has 2 aliphatic rings. The number of ether oxygens (including phenoxy) is 1. The van der Waals surface area contributed by atoms with E-state index in [9.17, 15) is 9.90 Å². The summed E-state index contributed by atoms with van der Waals surface area (Å²) in [6.07, 6.45) is -0.196. The first-order chi connectivity index (χ1) is 10.3. The topological polar surface area (TPSA) is 46.5 Å². The van der Waals surface area contributed by atoms with E-state index in [0.29, 0.717) is 29.7 Å². The number of carbonyl (C=O) groups is 1. The minimum Gasteiger partial charge on any atom is -0.493 e. The van der Waals surface area contributed by atoms with Crippen molar-refractivity contribution in [1.82, 2.24) is 0 Å². The van der Waals surface area contributed by atoms with Gasteiger partial charge in [-0.05, 0) is 17.2 Å². The number of carbonyl (C=O) groups excluding carboxylic acids is 1. The van der Waals surface area contributed by atoms with Crippen molar-refractivity contribution in [2.24, 2.45) is 0 Å². The van der Waals surface area contributed by atoms with Crippen LogP contribution in [0.1, 0.15) is 34.0 Å². The maximum atomic E-state index is 12.7. The molecule has 0 saturated carbocycles. The van der Waals surface area contributed by atoms with Crippen LogP contribution in [0.3, 0.4) is 0 Å². The Morgan fingerprint density at radius 2 is 1.71 bits per heavy atom. The zero-order valence-electron chi connectivity index (χ0n) is 11.4. The summed E-state index contributed by atoms with van der Waals surface area (Å²) in [5.41, 5.74) is 3.64. The van der Waals surface area contributed by atoms with Crippen molar-refractivity contribution in [3.63, 3.8) is 0 Å². The minimum atomic E-state index is -0.838. The predicted molar refractivity (Wildman–Crippen MR) is 79.2 cm³/mol. The Balaban J connectivity index is 1.94. The van der Waals surface area contributed by atoms with Gasteiger partial charge in [0.05, 0.1) is 6.61 Å². The van der Waals surface area contributed by atoms with E-state index in [4.69, 9.17) is 4.74 Å². The molecule has 1 aliphatic heterocycles. The quantitative estimate of drug-likeness (QED) is 0.753. The van der Waals surface area contributed by atoms with Crippen molar-refractivity contribution >= 4 is 11.4 Å². The van der Waals surface area contributed by atoms with E-state index in [1.807, 2.05) is 42.5 Å². The first-order valence-corrected chi connectivity index (χ1v) is 7.04. The van der Waals surface area contributed by atoms with Gasteiger partial charge in [0.1, 0.15) is 11.9 Å². The van der Waals surface area contributed by atoms with Crippen LogP contribution >= 0.6 is 0 Å². The lowest BCUT2D eigenvalue weighted by Gasteiger charge is -2.22. The van der Waals surface area contributed by atoms with Crippen molar-refractivity contribution in [3.05, 3.63) is 70.8 Å². The number of fused-ring (bicyclic) bond motifs is 2. The molecule has 4 rings (SSSR count). The molecule has 0 fully saturated rings. The molecule has 3 heteroatoms. The van der Waals surface area contributed by atoms with Crippen LogP contribution in [-0.4, -0.2) is 17.5 Å². The standard InChI is InChI=1S/C18H14O3/c19-17-13-6-1-2-7-14(13)18(20)16(17)12-9-10-21-15-8-4-3-5-11(12)15/h1-8,17,19H,9-10H2/b16-12+/t17-/m1/s1. The fraction of sp³-hybridized carbons (Fsp3) is 0.167. The maximum Gasteiger partial charge on any atom is 0.192 e. The molecule has 1 atom stereocenters. The molecule has 0 aromatic heterocycles. The molecule has 0 spiro atoms. The second kappa shape index (κ2) is 4.57. The molecule has 0 bridgehead atoms. The fourth-order valence-electron chi connectivity index (χ4n) is 3.19. The highest BCUT2D eigenvalue weighted by Gasteiger charge is 2.36.